The molecule has 1 aromatic carbocycles. The Balaban J connectivity index is 0.00000400. The van der Waals surface area contributed by atoms with E-state index >= 15 is 0 Å². The van der Waals surface area contributed by atoms with E-state index in [9.17, 15) is 15.0 Å². The fraction of sp³-hybridized carbons (Fsp3) is 0.588. The number of carboxylic acid groups (broad SMARTS) is 1. The van der Waals surface area contributed by atoms with E-state index < -0.39 is 5.97 Å². The average molecular weight is 300 g/mol. The molecule has 0 amide bonds. The Morgan fingerprint density at radius 2 is 1.43 bits per heavy atom. The first-order chi connectivity index (χ1) is 8.93. The summed E-state index contributed by atoms with van der Waals surface area (Å²) in [6, 6.07) is 3.82. The summed E-state index contributed by atoms with van der Waals surface area (Å²) in [7, 11) is 0. The van der Waals surface area contributed by atoms with Gasteiger partial charge in [-0.2, -0.15) is 0 Å². The third-order valence-corrected chi connectivity index (χ3v) is 3.40. The first-order valence-corrected chi connectivity index (χ1v) is 6.99. The van der Waals surface area contributed by atoms with Crippen LogP contribution >= 0.6 is 0 Å². The number of aryl methyl sites for hydroxylation is 1. The van der Waals surface area contributed by atoms with Crippen LogP contribution in [0.2, 0.25) is 0 Å². The third-order valence-electron chi connectivity index (χ3n) is 3.40. The minimum absolute atomic E-state index is 0. The first-order valence-electron chi connectivity index (χ1n) is 6.99. The summed E-state index contributed by atoms with van der Waals surface area (Å²) in [4.78, 5) is 10.6. The molecule has 0 atom stereocenters. The molecule has 0 aliphatic carbocycles. The van der Waals surface area contributed by atoms with E-state index in [1.807, 2.05) is 53.7 Å². The van der Waals surface area contributed by atoms with Crippen molar-refractivity contribution in [1.29, 1.82) is 0 Å². The summed E-state index contributed by atoms with van der Waals surface area (Å²) in [6.07, 6.45) is 0.423. The molecule has 1 rings (SSSR count). The number of aliphatic carboxylic acids is 1. The minimum Gasteiger partial charge on any atom is -0.550 e. The van der Waals surface area contributed by atoms with Crippen LogP contribution in [0.5, 0.6) is 5.75 Å². The van der Waals surface area contributed by atoms with E-state index in [-0.39, 0.29) is 46.8 Å². The standard InChI is InChI=1S/C17H26O3.Na/c1-16(2,3)12-9-11(7-8-14(18)19)10-13(15(12)20)17(4,5)6;/h9-10,20H,7-8H2,1-6H3,(H,18,19);/q;+1/p-1. The SMILES string of the molecule is CC(C)(C)c1cc(CCC(=O)[O-])cc(C(C)(C)C)c1O.[Na+]. The van der Waals surface area contributed by atoms with Crippen molar-refractivity contribution in [3.63, 3.8) is 0 Å². The predicted molar refractivity (Wildman–Crippen MR) is 78.8 cm³/mol. The van der Waals surface area contributed by atoms with E-state index in [1.54, 1.807) is 0 Å². The summed E-state index contributed by atoms with van der Waals surface area (Å²) >= 11 is 0. The molecule has 0 saturated carbocycles. The topological polar surface area (TPSA) is 60.4 Å². The number of hydrogen-bond acceptors (Lipinski definition) is 3. The zero-order valence-electron chi connectivity index (χ0n) is 14.3. The summed E-state index contributed by atoms with van der Waals surface area (Å²) < 4.78 is 0. The number of carbonyl (C=O) groups is 1. The van der Waals surface area contributed by atoms with Gasteiger partial charge in [-0.25, -0.2) is 0 Å². The van der Waals surface area contributed by atoms with Crippen molar-refractivity contribution in [2.75, 3.05) is 0 Å². The average Bonchev–Trinajstić information content (AvgIpc) is 2.24. The molecule has 0 aromatic heterocycles. The van der Waals surface area contributed by atoms with Crippen LogP contribution in [0, 0.1) is 0 Å². The van der Waals surface area contributed by atoms with Crippen molar-refractivity contribution < 1.29 is 44.6 Å². The van der Waals surface area contributed by atoms with Crippen LogP contribution < -0.4 is 34.7 Å². The van der Waals surface area contributed by atoms with Gasteiger partial charge < -0.3 is 15.0 Å². The first kappa shape index (κ1) is 20.5. The molecular weight excluding hydrogens is 275 g/mol. The Hall–Kier alpha value is -0.510. The van der Waals surface area contributed by atoms with Gasteiger partial charge in [0.1, 0.15) is 5.75 Å². The van der Waals surface area contributed by atoms with E-state index in [0.29, 0.717) is 12.2 Å². The molecule has 0 bridgehead atoms. The Kier molecular flexibility index (Phi) is 6.99. The molecule has 0 saturated heterocycles. The normalized spacial score (nSPS) is 11.9. The molecule has 4 heteroatoms. The van der Waals surface area contributed by atoms with Crippen LogP contribution in [0.3, 0.4) is 0 Å². The minimum atomic E-state index is -1.05. The van der Waals surface area contributed by atoms with Crippen LogP contribution in [0.25, 0.3) is 0 Å². The molecule has 0 fully saturated rings. The molecule has 112 valence electrons. The number of hydrogen-bond donors (Lipinski definition) is 1. The Morgan fingerprint density at radius 1 is 1.05 bits per heavy atom. The van der Waals surface area contributed by atoms with Crippen LogP contribution in [0.1, 0.15) is 64.7 Å². The number of carbonyl (C=O) groups excluding carboxylic acids is 1. The molecule has 1 N–H and O–H groups in total. The molecule has 0 aliphatic heterocycles. The van der Waals surface area contributed by atoms with Crippen molar-refractivity contribution >= 4 is 5.97 Å². The van der Waals surface area contributed by atoms with Gasteiger partial charge in [0.15, 0.2) is 0 Å². The van der Waals surface area contributed by atoms with E-state index in [0.717, 1.165) is 16.7 Å². The summed E-state index contributed by atoms with van der Waals surface area (Å²) in [5.74, 6) is -0.727. The zero-order valence-corrected chi connectivity index (χ0v) is 16.3. The van der Waals surface area contributed by atoms with Gasteiger partial charge in [0.2, 0.25) is 0 Å². The molecule has 0 spiro atoms. The molecule has 0 radical (unpaired) electrons. The maximum atomic E-state index is 10.6. The quantitative estimate of drug-likeness (QED) is 0.778. The fourth-order valence-electron chi connectivity index (χ4n) is 2.23. The fourth-order valence-corrected chi connectivity index (χ4v) is 2.23. The summed E-state index contributed by atoms with van der Waals surface area (Å²) in [5, 5.41) is 21.2. The van der Waals surface area contributed by atoms with Gasteiger partial charge in [-0.3, -0.25) is 0 Å². The number of benzene rings is 1. The van der Waals surface area contributed by atoms with E-state index in [4.69, 9.17) is 0 Å². The van der Waals surface area contributed by atoms with Gasteiger partial charge in [-0.15, -0.1) is 0 Å². The number of phenolic OH excluding ortho intramolecular Hbond substituents is 1. The van der Waals surface area contributed by atoms with Crippen molar-refractivity contribution in [2.45, 2.75) is 65.2 Å². The molecule has 21 heavy (non-hydrogen) atoms. The van der Waals surface area contributed by atoms with Crippen molar-refractivity contribution in [1.82, 2.24) is 0 Å². The summed E-state index contributed by atoms with van der Waals surface area (Å²) in [6.45, 7) is 12.2. The Morgan fingerprint density at radius 3 is 1.71 bits per heavy atom. The maximum Gasteiger partial charge on any atom is 1.00 e. The molecule has 0 aliphatic rings. The van der Waals surface area contributed by atoms with Gasteiger partial charge in [0.25, 0.3) is 0 Å². The van der Waals surface area contributed by atoms with Crippen LogP contribution in [0.4, 0.5) is 0 Å². The number of phenols is 1. The van der Waals surface area contributed by atoms with Gasteiger partial charge >= 0.3 is 29.6 Å². The van der Waals surface area contributed by atoms with Crippen molar-refractivity contribution in [3.05, 3.63) is 28.8 Å². The zero-order chi connectivity index (χ0) is 15.7. The Labute approximate surface area is 150 Å². The largest absolute Gasteiger partial charge is 1.00 e. The van der Waals surface area contributed by atoms with Crippen molar-refractivity contribution in [3.8, 4) is 5.75 Å². The van der Waals surface area contributed by atoms with E-state index in [1.165, 1.54) is 0 Å². The van der Waals surface area contributed by atoms with Gasteiger partial charge in [-0.05, 0) is 40.4 Å². The molecule has 1 aromatic rings. The number of aromatic hydroxyl groups is 1. The van der Waals surface area contributed by atoms with Crippen LogP contribution in [0.15, 0.2) is 12.1 Å². The third kappa shape index (κ3) is 5.65. The number of carboxylic acids is 1. The molecule has 0 heterocycles. The van der Waals surface area contributed by atoms with Crippen LogP contribution in [-0.4, -0.2) is 11.1 Å². The maximum absolute atomic E-state index is 10.6. The Bertz CT molecular complexity index is 473. The number of rotatable bonds is 3. The smallest absolute Gasteiger partial charge is 0.550 e. The second kappa shape index (κ2) is 7.17. The molecular formula is C17H25NaO3. The van der Waals surface area contributed by atoms with Gasteiger partial charge in [0, 0.05) is 5.97 Å². The monoisotopic (exact) mass is 300 g/mol. The van der Waals surface area contributed by atoms with Gasteiger partial charge in [-0.1, -0.05) is 53.7 Å². The predicted octanol–water partition coefficient (Wildman–Crippen LogP) is -0.326. The van der Waals surface area contributed by atoms with Crippen molar-refractivity contribution in [2.24, 2.45) is 0 Å². The second-order valence-electron chi connectivity index (χ2n) is 7.41. The summed E-state index contributed by atoms with van der Waals surface area (Å²) in [5.41, 5.74) is 2.27. The molecule has 3 nitrogen and oxygen atoms in total. The molecule has 0 unspecified atom stereocenters. The van der Waals surface area contributed by atoms with E-state index in [2.05, 4.69) is 0 Å². The second-order valence-corrected chi connectivity index (χ2v) is 7.41. The van der Waals surface area contributed by atoms with Gasteiger partial charge in [0.05, 0.1) is 0 Å². The van der Waals surface area contributed by atoms with Crippen LogP contribution in [-0.2, 0) is 22.0 Å².